The number of aromatic nitrogens is 3. The molecule has 3 aromatic rings. The van der Waals surface area contributed by atoms with E-state index in [0.29, 0.717) is 24.2 Å². The normalized spacial score (nSPS) is 17.3. The molecule has 3 heterocycles. The first-order valence-corrected chi connectivity index (χ1v) is 9.85. The van der Waals surface area contributed by atoms with E-state index in [1.807, 2.05) is 13.0 Å². The van der Waals surface area contributed by atoms with E-state index in [-0.39, 0.29) is 5.56 Å². The molecule has 6 heteroatoms. The van der Waals surface area contributed by atoms with Crippen LogP contribution in [0.15, 0.2) is 29.1 Å². The zero-order valence-corrected chi connectivity index (χ0v) is 16.0. The number of hydrogen-bond acceptors (Lipinski definition) is 4. The molecule has 1 fully saturated rings. The highest BCUT2D eigenvalue weighted by Gasteiger charge is 2.29. The summed E-state index contributed by atoms with van der Waals surface area (Å²) in [5.74, 6) is 1.34. The third-order valence-corrected chi connectivity index (χ3v) is 5.85. The lowest BCUT2D eigenvalue weighted by Gasteiger charge is -2.28. The molecule has 138 valence electrons. The fraction of sp³-hybridized carbons (Fsp3) is 0.381. The molecule has 27 heavy (non-hydrogen) atoms. The van der Waals surface area contributed by atoms with Crippen LogP contribution in [-0.2, 0) is 19.5 Å². The SMILES string of the molecule is Cc1ccc2cc(CN3CCc4nc(C5CC5)[nH]c(=O)c4C3)c(Cl)nc2c1. The Hall–Kier alpha value is -2.24. The van der Waals surface area contributed by atoms with Gasteiger partial charge in [-0.05, 0) is 37.5 Å². The van der Waals surface area contributed by atoms with Crippen molar-refractivity contribution in [3.8, 4) is 0 Å². The number of fused-ring (bicyclic) bond motifs is 2. The molecular formula is C21H21ClN4O. The minimum Gasteiger partial charge on any atom is -0.310 e. The van der Waals surface area contributed by atoms with Gasteiger partial charge in [-0.15, -0.1) is 0 Å². The van der Waals surface area contributed by atoms with Crippen molar-refractivity contribution in [3.63, 3.8) is 0 Å². The molecule has 1 aromatic carbocycles. The van der Waals surface area contributed by atoms with Gasteiger partial charge in [0.15, 0.2) is 0 Å². The Morgan fingerprint density at radius 3 is 2.93 bits per heavy atom. The first kappa shape index (κ1) is 16.9. The zero-order valence-electron chi connectivity index (χ0n) is 15.3. The topological polar surface area (TPSA) is 61.9 Å². The predicted octanol–water partition coefficient (Wildman–Crippen LogP) is 3.72. The van der Waals surface area contributed by atoms with Crippen LogP contribution in [0.4, 0.5) is 0 Å². The molecule has 5 rings (SSSR count). The number of H-pyrrole nitrogens is 1. The highest BCUT2D eigenvalue weighted by molar-refractivity contribution is 6.30. The maximum absolute atomic E-state index is 12.5. The van der Waals surface area contributed by atoms with E-state index in [4.69, 9.17) is 16.6 Å². The van der Waals surface area contributed by atoms with E-state index in [0.717, 1.165) is 59.4 Å². The molecule has 1 aliphatic carbocycles. The fourth-order valence-electron chi connectivity index (χ4n) is 3.83. The van der Waals surface area contributed by atoms with E-state index in [1.54, 1.807) is 0 Å². The molecule has 0 amide bonds. The van der Waals surface area contributed by atoms with Crippen LogP contribution in [0.3, 0.4) is 0 Å². The minimum absolute atomic E-state index is 0.0183. The molecule has 1 saturated carbocycles. The number of halogens is 1. The highest BCUT2D eigenvalue weighted by Crippen LogP contribution is 2.37. The summed E-state index contributed by atoms with van der Waals surface area (Å²) in [7, 11) is 0. The zero-order chi connectivity index (χ0) is 18.5. The lowest BCUT2D eigenvalue weighted by Crippen LogP contribution is -2.35. The average molecular weight is 381 g/mol. The monoisotopic (exact) mass is 380 g/mol. The lowest BCUT2D eigenvalue weighted by atomic mass is 10.1. The molecule has 0 unspecified atom stereocenters. The smallest absolute Gasteiger partial charge is 0.255 e. The van der Waals surface area contributed by atoms with Gasteiger partial charge in [0.2, 0.25) is 0 Å². The van der Waals surface area contributed by atoms with Crippen LogP contribution in [0.1, 0.15) is 47.0 Å². The highest BCUT2D eigenvalue weighted by atomic mass is 35.5. The number of hydrogen-bond donors (Lipinski definition) is 1. The van der Waals surface area contributed by atoms with Gasteiger partial charge in [0.05, 0.1) is 16.8 Å². The number of aromatic amines is 1. The molecule has 0 radical (unpaired) electrons. The fourth-order valence-corrected chi connectivity index (χ4v) is 4.04. The van der Waals surface area contributed by atoms with E-state index in [9.17, 15) is 4.79 Å². The Morgan fingerprint density at radius 2 is 2.11 bits per heavy atom. The van der Waals surface area contributed by atoms with Crippen molar-refractivity contribution in [2.75, 3.05) is 6.54 Å². The molecular weight excluding hydrogens is 360 g/mol. The number of rotatable bonds is 3. The number of pyridine rings is 1. The Labute approximate surface area is 162 Å². The maximum Gasteiger partial charge on any atom is 0.255 e. The van der Waals surface area contributed by atoms with Gasteiger partial charge >= 0.3 is 0 Å². The van der Waals surface area contributed by atoms with Gasteiger partial charge in [-0.1, -0.05) is 23.7 Å². The molecule has 0 saturated heterocycles. The van der Waals surface area contributed by atoms with Crippen LogP contribution in [0.2, 0.25) is 5.15 Å². The number of aryl methyl sites for hydroxylation is 1. The van der Waals surface area contributed by atoms with Crippen LogP contribution >= 0.6 is 11.6 Å². The van der Waals surface area contributed by atoms with E-state index in [2.05, 4.69) is 33.1 Å². The number of nitrogens with one attached hydrogen (secondary N) is 1. The van der Waals surface area contributed by atoms with Crippen molar-refractivity contribution in [2.24, 2.45) is 0 Å². The van der Waals surface area contributed by atoms with Crippen molar-refractivity contribution in [2.45, 2.75) is 45.2 Å². The molecule has 0 atom stereocenters. The molecule has 1 N–H and O–H groups in total. The second kappa shape index (κ2) is 6.43. The quantitative estimate of drug-likeness (QED) is 0.703. The van der Waals surface area contributed by atoms with Crippen LogP contribution in [0.5, 0.6) is 0 Å². The van der Waals surface area contributed by atoms with Gasteiger partial charge in [-0.3, -0.25) is 9.69 Å². The van der Waals surface area contributed by atoms with Crippen LogP contribution < -0.4 is 5.56 Å². The summed E-state index contributed by atoms with van der Waals surface area (Å²) in [6, 6.07) is 8.32. The van der Waals surface area contributed by atoms with E-state index in [1.165, 1.54) is 5.56 Å². The predicted molar refractivity (Wildman–Crippen MR) is 106 cm³/mol. The second-order valence-corrected chi connectivity index (χ2v) is 8.10. The van der Waals surface area contributed by atoms with Crippen molar-refractivity contribution >= 4 is 22.5 Å². The average Bonchev–Trinajstić information content (AvgIpc) is 3.48. The van der Waals surface area contributed by atoms with Crippen LogP contribution in [0.25, 0.3) is 10.9 Å². The summed E-state index contributed by atoms with van der Waals surface area (Å²) in [5, 5.41) is 1.63. The van der Waals surface area contributed by atoms with Gasteiger partial charge in [-0.2, -0.15) is 0 Å². The minimum atomic E-state index is 0.0183. The van der Waals surface area contributed by atoms with Gasteiger partial charge in [0.25, 0.3) is 5.56 Å². The first-order valence-electron chi connectivity index (χ1n) is 9.47. The van der Waals surface area contributed by atoms with Crippen molar-refractivity contribution in [1.82, 2.24) is 19.9 Å². The Balaban J connectivity index is 1.41. The van der Waals surface area contributed by atoms with Gasteiger partial charge < -0.3 is 4.98 Å². The Morgan fingerprint density at radius 1 is 1.26 bits per heavy atom. The van der Waals surface area contributed by atoms with Gasteiger partial charge in [0.1, 0.15) is 11.0 Å². The standard InChI is InChI=1S/C21H21ClN4O/c1-12-2-3-14-9-15(19(22)23-18(14)8-12)10-26-7-6-17-16(11-26)21(27)25-20(24-17)13-4-5-13/h2-3,8-9,13H,4-7,10-11H2,1H3,(H,24,25,27). The van der Waals surface area contributed by atoms with Gasteiger partial charge in [0, 0.05) is 42.9 Å². The maximum atomic E-state index is 12.5. The van der Waals surface area contributed by atoms with Crippen LogP contribution in [-0.4, -0.2) is 26.4 Å². The molecule has 5 nitrogen and oxygen atoms in total. The molecule has 0 bridgehead atoms. The first-order chi connectivity index (χ1) is 13.1. The van der Waals surface area contributed by atoms with Gasteiger partial charge in [-0.25, -0.2) is 9.97 Å². The Bertz CT molecular complexity index is 1100. The molecule has 0 spiro atoms. The van der Waals surface area contributed by atoms with E-state index < -0.39 is 0 Å². The summed E-state index contributed by atoms with van der Waals surface area (Å²) < 4.78 is 0. The number of benzene rings is 1. The summed E-state index contributed by atoms with van der Waals surface area (Å²) in [6.07, 6.45) is 3.08. The molecule has 2 aromatic heterocycles. The van der Waals surface area contributed by atoms with Crippen molar-refractivity contribution in [3.05, 3.63) is 68.0 Å². The summed E-state index contributed by atoms with van der Waals surface area (Å²) in [5.41, 5.74) is 4.87. The Kier molecular flexibility index (Phi) is 4.02. The third kappa shape index (κ3) is 3.26. The van der Waals surface area contributed by atoms with Crippen molar-refractivity contribution in [1.29, 1.82) is 0 Å². The second-order valence-electron chi connectivity index (χ2n) is 7.75. The van der Waals surface area contributed by atoms with Crippen LogP contribution in [0, 0.1) is 6.92 Å². The summed E-state index contributed by atoms with van der Waals surface area (Å²) in [4.78, 5) is 27.1. The lowest BCUT2D eigenvalue weighted by molar-refractivity contribution is 0.241. The largest absolute Gasteiger partial charge is 0.310 e. The molecule has 1 aliphatic heterocycles. The summed E-state index contributed by atoms with van der Waals surface area (Å²) in [6.45, 7) is 4.20. The molecule has 2 aliphatic rings. The number of nitrogens with zero attached hydrogens (tertiary/aromatic N) is 3. The van der Waals surface area contributed by atoms with Crippen molar-refractivity contribution < 1.29 is 0 Å². The summed E-state index contributed by atoms with van der Waals surface area (Å²) >= 11 is 6.45. The van der Waals surface area contributed by atoms with E-state index >= 15 is 0 Å². The third-order valence-electron chi connectivity index (χ3n) is 5.52.